The molecule has 0 aliphatic carbocycles. The van der Waals surface area contributed by atoms with Gasteiger partial charge in [0.2, 0.25) is 0 Å². The van der Waals surface area contributed by atoms with Gasteiger partial charge in [-0.1, -0.05) is 0 Å². The van der Waals surface area contributed by atoms with Gasteiger partial charge in [-0.25, -0.2) is 4.79 Å². The third-order valence-electron chi connectivity index (χ3n) is 4.35. The van der Waals surface area contributed by atoms with Gasteiger partial charge >= 0.3 is 6.03 Å². The molecule has 4 N–H and O–H groups in total. The minimum atomic E-state index is -0.452. The van der Waals surface area contributed by atoms with Crippen molar-refractivity contribution in [3.05, 3.63) is 24.3 Å². The zero-order chi connectivity index (χ0) is 18.6. The molecule has 7 nitrogen and oxygen atoms in total. The summed E-state index contributed by atoms with van der Waals surface area (Å²) in [6.07, 6.45) is 0. The Hall–Kier alpha value is -2.28. The number of quaternary nitrogens is 1. The van der Waals surface area contributed by atoms with Crippen LogP contribution < -0.4 is 20.4 Å². The van der Waals surface area contributed by atoms with Crippen LogP contribution in [0.15, 0.2) is 24.3 Å². The van der Waals surface area contributed by atoms with E-state index in [1.807, 2.05) is 39.8 Å². The van der Waals surface area contributed by atoms with Gasteiger partial charge in [0.05, 0.1) is 26.2 Å². The molecule has 138 valence electrons. The van der Waals surface area contributed by atoms with Crippen molar-refractivity contribution in [2.45, 2.75) is 39.3 Å². The van der Waals surface area contributed by atoms with Crippen molar-refractivity contribution in [3.8, 4) is 5.75 Å². The number of carbonyl (C=O) groups excluding carboxylic acids is 2. The average Bonchev–Trinajstić information content (AvgIpc) is 2.53. The van der Waals surface area contributed by atoms with Crippen LogP contribution in [0.5, 0.6) is 5.75 Å². The number of phenolic OH excluding ortho intramolecular Hbond substituents is 1. The second-order valence-corrected chi connectivity index (χ2v) is 7.58. The highest BCUT2D eigenvalue weighted by atomic mass is 16.3. The number of hydrogen-bond donors (Lipinski definition) is 4. The van der Waals surface area contributed by atoms with Crippen LogP contribution in [0, 0.1) is 0 Å². The lowest BCUT2D eigenvalue weighted by Crippen LogP contribution is -3.19. The van der Waals surface area contributed by atoms with Gasteiger partial charge in [0.25, 0.3) is 5.91 Å². The largest absolute Gasteiger partial charge is 0.508 e. The van der Waals surface area contributed by atoms with E-state index in [0.717, 1.165) is 36.8 Å². The highest BCUT2D eigenvalue weighted by Crippen LogP contribution is 2.18. The van der Waals surface area contributed by atoms with Crippen molar-refractivity contribution in [2.75, 3.05) is 31.1 Å². The van der Waals surface area contributed by atoms with E-state index >= 15 is 0 Å². The molecule has 0 saturated carbocycles. The fraction of sp³-hybridized carbons (Fsp3) is 0.556. The summed E-state index contributed by atoms with van der Waals surface area (Å²) in [6, 6.07) is 6.41. The third kappa shape index (κ3) is 5.63. The van der Waals surface area contributed by atoms with Gasteiger partial charge in [0, 0.05) is 11.2 Å². The number of piperazine rings is 1. The van der Waals surface area contributed by atoms with Crippen LogP contribution in [0.25, 0.3) is 0 Å². The molecular weight excluding hydrogens is 320 g/mol. The highest BCUT2D eigenvalue weighted by Gasteiger charge is 2.30. The SMILES string of the molecule is C[C@@H](C(=O)NC(=O)NC(C)(C)C)[NH+]1CCN(c2ccc(O)cc2)CC1. The van der Waals surface area contributed by atoms with Crippen LogP contribution >= 0.6 is 0 Å². The Balaban J connectivity index is 1.84. The summed E-state index contributed by atoms with van der Waals surface area (Å²) >= 11 is 0. The minimum Gasteiger partial charge on any atom is -0.508 e. The number of anilines is 1. The van der Waals surface area contributed by atoms with Gasteiger partial charge in [-0.05, 0) is 52.0 Å². The number of aromatic hydroxyl groups is 1. The van der Waals surface area contributed by atoms with E-state index < -0.39 is 6.03 Å². The first-order valence-corrected chi connectivity index (χ1v) is 8.67. The average molecular weight is 349 g/mol. The predicted octanol–water partition coefficient (Wildman–Crippen LogP) is 0.110. The monoisotopic (exact) mass is 349 g/mol. The Kier molecular flexibility index (Phi) is 5.89. The van der Waals surface area contributed by atoms with Gasteiger partial charge in [0.15, 0.2) is 6.04 Å². The summed E-state index contributed by atoms with van der Waals surface area (Å²) in [5.41, 5.74) is 0.689. The number of rotatable bonds is 3. The molecule has 0 unspecified atom stereocenters. The molecule has 2 rings (SSSR count). The fourth-order valence-corrected chi connectivity index (χ4v) is 2.93. The standard InChI is InChI=1S/C18H28N4O3/c1-13(16(24)19-17(25)20-18(2,3)4)21-9-11-22(12-10-21)14-5-7-15(23)8-6-14/h5-8,13,23H,9-12H2,1-4H3,(H2,19,20,24,25)/p+1/t13-/m0/s1. The lowest BCUT2D eigenvalue weighted by molar-refractivity contribution is -0.914. The molecule has 0 radical (unpaired) electrons. The number of amides is 3. The topological polar surface area (TPSA) is 86.1 Å². The quantitative estimate of drug-likeness (QED) is 0.624. The summed E-state index contributed by atoms with van der Waals surface area (Å²) in [4.78, 5) is 27.5. The maximum Gasteiger partial charge on any atom is 0.322 e. The number of nitrogens with zero attached hydrogens (tertiary/aromatic N) is 1. The van der Waals surface area contributed by atoms with E-state index in [1.165, 1.54) is 0 Å². The molecule has 7 heteroatoms. The number of phenols is 1. The zero-order valence-electron chi connectivity index (χ0n) is 15.4. The molecule has 1 aromatic carbocycles. The molecular formula is C18H29N4O3+. The van der Waals surface area contributed by atoms with Crippen LogP contribution in [0.2, 0.25) is 0 Å². The van der Waals surface area contributed by atoms with Gasteiger partial charge in [-0.2, -0.15) is 0 Å². The highest BCUT2D eigenvalue weighted by molar-refractivity contribution is 5.96. The van der Waals surface area contributed by atoms with Gasteiger partial charge in [0.1, 0.15) is 5.75 Å². The number of hydrogen-bond acceptors (Lipinski definition) is 4. The first-order chi connectivity index (χ1) is 11.7. The van der Waals surface area contributed by atoms with Crippen LogP contribution in [0.4, 0.5) is 10.5 Å². The molecule has 1 aliphatic heterocycles. The van der Waals surface area contributed by atoms with Gasteiger partial charge < -0.3 is 20.2 Å². The Morgan fingerprint density at radius 2 is 1.72 bits per heavy atom. The number of urea groups is 1. The van der Waals surface area contributed by atoms with Gasteiger partial charge in [-0.15, -0.1) is 0 Å². The molecule has 3 amide bonds. The Bertz CT molecular complexity index is 602. The van der Waals surface area contributed by atoms with Gasteiger partial charge in [-0.3, -0.25) is 10.1 Å². The zero-order valence-corrected chi connectivity index (χ0v) is 15.4. The Morgan fingerprint density at radius 3 is 2.24 bits per heavy atom. The molecule has 1 aromatic rings. The van der Waals surface area contributed by atoms with Crippen molar-refractivity contribution in [1.29, 1.82) is 0 Å². The van der Waals surface area contributed by atoms with Crippen molar-refractivity contribution in [2.24, 2.45) is 0 Å². The molecule has 1 saturated heterocycles. The molecule has 0 bridgehead atoms. The van der Waals surface area contributed by atoms with E-state index in [1.54, 1.807) is 12.1 Å². The maximum absolute atomic E-state index is 12.3. The van der Waals surface area contributed by atoms with Crippen molar-refractivity contribution >= 4 is 17.6 Å². The summed E-state index contributed by atoms with van der Waals surface area (Å²) in [6.45, 7) is 10.7. The van der Waals surface area contributed by atoms with E-state index in [4.69, 9.17) is 0 Å². The number of carbonyl (C=O) groups is 2. The number of nitrogens with one attached hydrogen (secondary N) is 3. The summed E-state index contributed by atoms with van der Waals surface area (Å²) in [7, 11) is 0. The van der Waals surface area contributed by atoms with Crippen molar-refractivity contribution < 1.29 is 19.6 Å². The summed E-state index contributed by atoms with van der Waals surface area (Å²) in [5, 5.41) is 14.5. The second-order valence-electron chi connectivity index (χ2n) is 7.58. The third-order valence-corrected chi connectivity index (χ3v) is 4.35. The van der Waals surface area contributed by atoms with Crippen molar-refractivity contribution in [3.63, 3.8) is 0 Å². The summed E-state index contributed by atoms with van der Waals surface area (Å²) in [5.74, 6) is 0.00155. The Labute approximate surface area is 149 Å². The van der Waals surface area contributed by atoms with Crippen LogP contribution in [0.3, 0.4) is 0 Å². The van der Waals surface area contributed by atoms with E-state index in [0.29, 0.717) is 0 Å². The molecule has 1 atom stereocenters. The smallest absolute Gasteiger partial charge is 0.322 e. The maximum atomic E-state index is 12.3. The fourth-order valence-electron chi connectivity index (χ4n) is 2.93. The lowest BCUT2D eigenvalue weighted by atomic mass is 10.1. The van der Waals surface area contributed by atoms with E-state index in [-0.39, 0.29) is 23.2 Å². The molecule has 1 fully saturated rings. The number of benzene rings is 1. The molecule has 0 spiro atoms. The van der Waals surface area contributed by atoms with E-state index in [9.17, 15) is 14.7 Å². The van der Waals surface area contributed by atoms with Crippen LogP contribution in [-0.4, -0.2) is 54.8 Å². The Morgan fingerprint density at radius 1 is 1.16 bits per heavy atom. The van der Waals surface area contributed by atoms with Crippen LogP contribution in [-0.2, 0) is 4.79 Å². The summed E-state index contributed by atoms with van der Waals surface area (Å²) < 4.78 is 0. The molecule has 0 aromatic heterocycles. The lowest BCUT2D eigenvalue weighted by Gasteiger charge is -2.36. The molecule has 1 heterocycles. The van der Waals surface area contributed by atoms with Crippen LogP contribution in [0.1, 0.15) is 27.7 Å². The molecule has 1 aliphatic rings. The first kappa shape index (κ1) is 19.1. The van der Waals surface area contributed by atoms with Crippen molar-refractivity contribution in [1.82, 2.24) is 10.6 Å². The predicted molar refractivity (Wildman–Crippen MR) is 96.9 cm³/mol. The number of imide groups is 1. The minimum absolute atomic E-state index is 0.255. The normalized spacial score (nSPS) is 17.0. The first-order valence-electron chi connectivity index (χ1n) is 8.67. The van der Waals surface area contributed by atoms with E-state index in [2.05, 4.69) is 15.5 Å². The second kappa shape index (κ2) is 7.74. The molecule has 25 heavy (non-hydrogen) atoms.